The molecule has 5 heteroatoms. The predicted molar refractivity (Wildman–Crippen MR) is 80.6 cm³/mol. The third-order valence-corrected chi connectivity index (χ3v) is 3.10. The molecule has 0 atom stereocenters. The summed E-state index contributed by atoms with van der Waals surface area (Å²) in [7, 11) is 3.23. The third-order valence-electron chi connectivity index (χ3n) is 3.10. The Bertz CT molecular complexity index is 678. The molecule has 1 aromatic carbocycles. The Morgan fingerprint density at radius 3 is 2.67 bits per heavy atom. The number of ether oxygens (including phenoxy) is 2. The zero-order chi connectivity index (χ0) is 15.2. The van der Waals surface area contributed by atoms with E-state index < -0.39 is 0 Å². The van der Waals surface area contributed by atoms with Crippen LogP contribution in [0, 0.1) is 18.3 Å². The molecule has 0 radical (unpaired) electrons. The Morgan fingerprint density at radius 2 is 2.00 bits per heavy atom. The first kappa shape index (κ1) is 14.7. The Kier molecular flexibility index (Phi) is 4.62. The SMILES string of the molecule is COc1ccc(CNc2nc(C)ccc2C#N)c(OC)c1. The third kappa shape index (κ3) is 3.42. The Balaban J connectivity index is 2.20. The summed E-state index contributed by atoms with van der Waals surface area (Å²) >= 11 is 0. The normalized spacial score (nSPS) is 9.81. The molecule has 0 fully saturated rings. The van der Waals surface area contributed by atoms with E-state index in [0.717, 1.165) is 22.8 Å². The maximum atomic E-state index is 9.10. The average molecular weight is 283 g/mol. The number of nitrogens with one attached hydrogen (secondary N) is 1. The molecule has 108 valence electrons. The van der Waals surface area contributed by atoms with Gasteiger partial charge in [-0.2, -0.15) is 5.26 Å². The van der Waals surface area contributed by atoms with Crippen molar-refractivity contribution in [3.05, 3.63) is 47.2 Å². The summed E-state index contributed by atoms with van der Waals surface area (Å²) in [5, 5.41) is 12.3. The van der Waals surface area contributed by atoms with Crippen LogP contribution in [0.25, 0.3) is 0 Å². The lowest BCUT2D eigenvalue weighted by atomic mass is 10.2. The molecule has 0 aliphatic carbocycles. The van der Waals surface area contributed by atoms with Gasteiger partial charge in [0, 0.05) is 23.9 Å². The van der Waals surface area contributed by atoms with E-state index in [1.54, 1.807) is 20.3 Å². The molecule has 0 amide bonds. The number of nitrogens with zero attached hydrogens (tertiary/aromatic N) is 2. The predicted octanol–water partition coefficient (Wildman–Crippen LogP) is 2.89. The van der Waals surface area contributed by atoms with Gasteiger partial charge >= 0.3 is 0 Å². The first-order valence-corrected chi connectivity index (χ1v) is 6.50. The van der Waals surface area contributed by atoms with Gasteiger partial charge in [-0.05, 0) is 31.2 Å². The molecule has 0 aliphatic heterocycles. The van der Waals surface area contributed by atoms with Crippen LogP contribution < -0.4 is 14.8 Å². The number of methoxy groups -OCH3 is 2. The zero-order valence-corrected chi connectivity index (χ0v) is 12.3. The highest BCUT2D eigenvalue weighted by Crippen LogP contribution is 2.25. The zero-order valence-electron chi connectivity index (χ0n) is 12.3. The minimum absolute atomic E-state index is 0.512. The van der Waals surface area contributed by atoms with Crippen molar-refractivity contribution in [2.45, 2.75) is 13.5 Å². The van der Waals surface area contributed by atoms with Crippen LogP contribution in [0.5, 0.6) is 11.5 Å². The smallest absolute Gasteiger partial charge is 0.144 e. The van der Waals surface area contributed by atoms with Crippen molar-refractivity contribution in [2.24, 2.45) is 0 Å². The second-order valence-corrected chi connectivity index (χ2v) is 4.49. The molecule has 5 nitrogen and oxygen atoms in total. The first-order valence-electron chi connectivity index (χ1n) is 6.50. The topological polar surface area (TPSA) is 67.2 Å². The van der Waals surface area contributed by atoms with Gasteiger partial charge < -0.3 is 14.8 Å². The molecule has 1 N–H and O–H groups in total. The van der Waals surface area contributed by atoms with Crippen molar-refractivity contribution in [3.63, 3.8) is 0 Å². The van der Waals surface area contributed by atoms with Crippen molar-refractivity contribution < 1.29 is 9.47 Å². The van der Waals surface area contributed by atoms with E-state index in [1.165, 1.54) is 0 Å². The lowest BCUT2D eigenvalue weighted by Crippen LogP contribution is -2.05. The fourth-order valence-electron chi connectivity index (χ4n) is 1.96. The van der Waals surface area contributed by atoms with E-state index in [0.29, 0.717) is 17.9 Å². The van der Waals surface area contributed by atoms with Crippen LogP contribution in [0.3, 0.4) is 0 Å². The quantitative estimate of drug-likeness (QED) is 0.913. The van der Waals surface area contributed by atoms with Crippen molar-refractivity contribution in [1.82, 2.24) is 4.98 Å². The fraction of sp³-hybridized carbons (Fsp3) is 0.250. The van der Waals surface area contributed by atoms with Gasteiger partial charge in [-0.15, -0.1) is 0 Å². The van der Waals surface area contributed by atoms with Crippen LogP contribution in [-0.2, 0) is 6.54 Å². The number of hydrogen-bond acceptors (Lipinski definition) is 5. The van der Waals surface area contributed by atoms with E-state index in [-0.39, 0.29) is 0 Å². The number of hydrogen-bond donors (Lipinski definition) is 1. The van der Waals surface area contributed by atoms with Gasteiger partial charge in [0.2, 0.25) is 0 Å². The highest BCUT2D eigenvalue weighted by Gasteiger charge is 2.08. The summed E-state index contributed by atoms with van der Waals surface area (Å²) in [5.74, 6) is 2.05. The molecule has 1 heterocycles. The van der Waals surface area contributed by atoms with E-state index in [9.17, 15) is 0 Å². The highest BCUT2D eigenvalue weighted by molar-refractivity contribution is 5.53. The van der Waals surface area contributed by atoms with Crippen LogP contribution >= 0.6 is 0 Å². The molecule has 0 saturated carbocycles. The summed E-state index contributed by atoms with van der Waals surface area (Å²) in [4.78, 5) is 4.35. The van der Waals surface area contributed by atoms with Crippen molar-refractivity contribution in [3.8, 4) is 17.6 Å². The monoisotopic (exact) mass is 283 g/mol. The molecule has 2 rings (SSSR count). The lowest BCUT2D eigenvalue weighted by Gasteiger charge is -2.12. The first-order chi connectivity index (χ1) is 10.2. The van der Waals surface area contributed by atoms with Crippen molar-refractivity contribution in [2.75, 3.05) is 19.5 Å². The molecule has 0 unspecified atom stereocenters. The van der Waals surface area contributed by atoms with E-state index in [2.05, 4.69) is 16.4 Å². The number of benzene rings is 1. The number of aromatic nitrogens is 1. The summed E-state index contributed by atoms with van der Waals surface area (Å²) in [6, 6.07) is 11.3. The number of pyridine rings is 1. The van der Waals surface area contributed by atoms with Crippen molar-refractivity contribution >= 4 is 5.82 Å². The van der Waals surface area contributed by atoms with Crippen LogP contribution in [0.4, 0.5) is 5.82 Å². The summed E-state index contributed by atoms with van der Waals surface area (Å²) in [6.07, 6.45) is 0. The van der Waals surface area contributed by atoms with Gasteiger partial charge in [-0.3, -0.25) is 0 Å². The second kappa shape index (κ2) is 6.62. The Hall–Kier alpha value is -2.74. The highest BCUT2D eigenvalue weighted by atomic mass is 16.5. The maximum absolute atomic E-state index is 9.10. The van der Waals surface area contributed by atoms with Crippen LogP contribution in [0.15, 0.2) is 30.3 Å². The largest absolute Gasteiger partial charge is 0.497 e. The van der Waals surface area contributed by atoms with Crippen molar-refractivity contribution in [1.29, 1.82) is 5.26 Å². The minimum Gasteiger partial charge on any atom is -0.497 e. The molecule has 0 aliphatic rings. The molecule has 1 aromatic heterocycles. The van der Waals surface area contributed by atoms with Crippen LogP contribution in [0.1, 0.15) is 16.8 Å². The van der Waals surface area contributed by atoms with Gasteiger partial charge in [-0.1, -0.05) is 0 Å². The second-order valence-electron chi connectivity index (χ2n) is 4.49. The number of rotatable bonds is 5. The average Bonchev–Trinajstić information content (AvgIpc) is 2.52. The van der Waals surface area contributed by atoms with Gasteiger partial charge in [0.15, 0.2) is 0 Å². The minimum atomic E-state index is 0.512. The maximum Gasteiger partial charge on any atom is 0.144 e. The van der Waals surface area contributed by atoms with Gasteiger partial charge in [0.25, 0.3) is 0 Å². The molecule has 2 aromatic rings. The molecule has 0 bridgehead atoms. The Morgan fingerprint density at radius 1 is 1.19 bits per heavy atom. The molecule has 21 heavy (non-hydrogen) atoms. The number of aryl methyl sites for hydroxylation is 1. The van der Waals surface area contributed by atoms with Crippen LogP contribution in [-0.4, -0.2) is 19.2 Å². The standard InChI is InChI=1S/C16H17N3O2/c1-11-4-5-12(9-17)16(19-11)18-10-13-6-7-14(20-2)8-15(13)21-3/h4-8H,10H2,1-3H3,(H,18,19). The lowest BCUT2D eigenvalue weighted by molar-refractivity contribution is 0.391. The molecule has 0 saturated heterocycles. The number of anilines is 1. The van der Waals surface area contributed by atoms with E-state index in [1.807, 2.05) is 31.2 Å². The van der Waals surface area contributed by atoms with Gasteiger partial charge in [0.05, 0.1) is 19.8 Å². The summed E-state index contributed by atoms with van der Waals surface area (Å²) in [5.41, 5.74) is 2.34. The summed E-state index contributed by atoms with van der Waals surface area (Å²) < 4.78 is 10.5. The summed E-state index contributed by atoms with van der Waals surface area (Å²) in [6.45, 7) is 2.40. The van der Waals surface area contributed by atoms with Crippen LogP contribution in [0.2, 0.25) is 0 Å². The van der Waals surface area contributed by atoms with E-state index >= 15 is 0 Å². The van der Waals surface area contributed by atoms with Gasteiger partial charge in [0.1, 0.15) is 23.4 Å². The van der Waals surface area contributed by atoms with Gasteiger partial charge in [-0.25, -0.2) is 4.98 Å². The molecule has 0 spiro atoms. The Labute approximate surface area is 124 Å². The fourth-order valence-corrected chi connectivity index (χ4v) is 1.96. The molecular formula is C16H17N3O2. The number of nitriles is 1. The molecular weight excluding hydrogens is 266 g/mol. The van der Waals surface area contributed by atoms with E-state index in [4.69, 9.17) is 14.7 Å².